The van der Waals surface area contributed by atoms with E-state index in [1.54, 1.807) is 25.0 Å². The van der Waals surface area contributed by atoms with Crippen molar-refractivity contribution in [1.29, 1.82) is 0 Å². The first-order valence-corrected chi connectivity index (χ1v) is 5.66. The smallest absolute Gasteiger partial charge is 0.131 e. The summed E-state index contributed by atoms with van der Waals surface area (Å²) >= 11 is 0. The molecule has 1 aromatic carbocycles. The Morgan fingerprint density at radius 2 is 1.89 bits per heavy atom. The Morgan fingerprint density at radius 3 is 2.33 bits per heavy atom. The first kappa shape index (κ1) is 12.7. The van der Waals surface area contributed by atoms with E-state index in [1.807, 2.05) is 6.92 Å². The number of rotatable bonds is 3. The third-order valence-corrected chi connectivity index (χ3v) is 3.03. The van der Waals surface area contributed by atoms with Gasteiger partial charge in [-0.2, -0.15) is 5.10 Å². The van der Waals surface area contributed by atoms with Crippen molar-refractivity contribution in [2.75, 3.05) is 7.05 Å². The Hall–Kier alpha value is -1.75. The van der Waals surface area contributed by atoms with Gasteiger partial charge in [-0.3, -0.25) is 4.68 Å². The van der Waals surface area contributed by atoms with Gasteiger partial charge in [0.25, 0.3) is 0 Å². The minimum absolute atomic E-state index is 0.0201. The highest BCUT2D eigenvalue weighted by atomic mass is 19.1. The molecular weight excluding hydrogens is 236 g/mol. The van der Waals surface area contributed by atoms with Crippen LogP contribution in [0.15, 0.2) is 24.4 Å². The third kappa shape index (κ3) is 2.01. The van der Waals surface area contributed by atoms with E-state index in [1.165, 1.54) is 18.2 Å². The zero-order valence-electron chi connectivity index (χ0n) is 10.5. The molecule has 1 heterocycles. The van der Waals surface area contributed by atoms with Crippen molar-refractivity contribution < 1.29 is 8.78 Å². The summed E-state index contributed by atoms with van der Waals surface area (Å²) in [4.78, 5) is 0. The van der Waals surface area contributed by atoms with Crippen molar-refractivity contribution in [2.45, 2.75) is 13.0 Å². The molecule has 0 bridgehead atoms. The summed E-state index contributed by atoms with van der Waals surface area (Å²) in [7, 11) is 3.43. The van der Waals surface area contributed by atoms with E-state index < -0.39 is 17.7 Å². The normalized spacial score (nSPS) is 12.7. The summed E-state index contributed by atoms with van der Waals surface area (Å²) < 4.78 is 29.3. The summed E-state index contributed by atoms with van der Waals surface area (Å²) in [6, 6.07) is 3.32. The number of hydrogen-bond donors (Lipinski definition) is 1. The number of halogens is 2. The van der Waals surface area contributed by atoms with Crippen molar-refractivity contribution in [2.24, 2.45) is 7.05 Å². The lowest BCUT2D eigenvalue weighted by atomic mass is 10.00. The fourth-order valence-electron chi connectivity index (χ4n) is 2.18. The number of nitrogens with one attached hydrogen (secondary N) is 1. The van der Waals surface area contributed by atoms with Crippen molar-refractivity contribution in [3.63, 3.8) is 0 Å². The topological polar surface area (TPSA) is 29.9 Å². The van der Waals surface area contributed by atoms with Crippen LogP contribution in [-0.4, -0.2) is 16.8 Å². The number of nitrogens with zero attached hydrogens (tertiary/aromatic N) is 2. The van der Waals surface area contributed by atoms with E-state index in [-0.39, 0.29) is 5.56 Å². The zero-order valence-corrected chi connectivity index (χ0v) is 10.5. The Balaban J connectivity index is 2.59. The molecule has 2 rings (SSSR count). The van der Waals surface area contributed by atoms with Crippen molar-refractivity contribution in [3.05, 3.63) is 52.9 Å². The quantitative estimate of drug-likeness (QED) is 0.907. The minimum atomic E-state index is -0.560. The summed E-state index contributed by atoms with van der Waals surface area (Å²) in [5.74, 6) is -1.12. The van der Waals surface area contributed by atoms with E-state index >= 15 is 0 Å². The van der Waals surface area contributed by atoms with Crippen LogP contribution in [0.5, 0.6) is 0 Å². The molecule has 3 nitrogen and oxygen atoms in total. The fraction of sp³-hybridized carbons (Fsp3) is 0.308. The molecule has 1 unspecified atom stereocenters. The first-order valence-electron chi connectivity index (χ1n) is 5.66. The van der Waals surface area contributed by atoms with Crippen LogP contribution in [0.3, 0.4) is 0 Å². The number of aromatic nitrogens is 2. The average molecular weight is 251 g/mol. The van der Waals surface area contributed by atoms with Gasteiger partial charge in [-0.25, -0.2) is 8.78 Å². The highest BCUT2D eigenvalue weighted by molar-refractivity contribution is 5.33. The fourth-order valence-corrected chi connectivity index (χ4v) is 2.18. The van der Waals surface area contributed by atoms with Gasteiger partial charge in [0.2, 0.25) is 0 Å². The maximum atomic E-state index is 13.8. The summed E-state index contributed by atoms with van der Waals surface area (Å²) in [5, 5.41) is 7.04. The number of aryl methyl sites for hydroxylation is 2. The van der Waals surface area contributed by atoms with Crippen LogP contribution >= 0.6 is 0 Å². The minimum Gasteiger partial charge on any atom is -0.308 e. The lowest BCUT2D eigenvalue weighted by molar-refractivity contribution is 0.505. The van der Waals surface area contributed by atoms with Crippen LogP contribution in [0.2, 0.25) is 0 Å². The number of hydrogen-bond acceptors (Lipinski definition) is 2. The summed E-state index contributed by atoms with van der Waals surface area (Å²) in [5.41, 5.74) is 1.66. The lowest BCUT2D eigenvalue weighted by Crippen LogP contribution is -2.23. The van der Waals surface area contributed by atoms with Gasteiger partial charge in [0, 0.05) is 12.6 Å². The van der Waals surface area contributed by atoms with Crippen molar-refractivity contribution >= 4 is 0 Å². The number of benzene rings is 1. The second kappa shape index (κ2) is 4.86. The van der Waals surface area contributed by atoms with Crippen LogP contribution in [0.4, 0.5) is 8.78 Å². The van der Waals surface area contributed by atoms with Gasteiger partial charge in [0.1, 0.15) is 11.6 Å². The maximum absolute atomic E-state index is 13.8. The predicted molar refractivity (Wildman–Crippen MR) is 65.2 cm³/mol. The lowest BCUT2D eigenvalue weighted by Gasteiger charge is -2.19. The van der Waals surface area contributed by atoms with Crippen LogP contribution in [-0.2, 0) is 7.05 Å². The van der Waals surface area contributed by atoms with E-state index in [9.17, 15) is 8.78 Å². The standard InChI is InChI=1S/C13H15F2N3/c1-8-7-17-18(3)13(8)12(16-2)11-9(14)5-4-6-10(11)15/h4-7,12,16H,1-3H3. The molecule has 0 fully saturated rings. The molecule has 96 valence electrons. The highest BCUT2D eigenvalue weighted by Crippen LogP contribution is 2.28. The van der Waals surface area contributed by atoms with Gasteiger partial charge in [-0.1, -0.05) is 6.07 Å². The molecule has 0 aliphatic carbocycles. The molecule has 0 saturated heterocycles. The van der Waals surface area contributed by atoms with E-state index in [4.69, 9.17) is 0 Å². The Morgan fingerprint density at radius 1 is 1.28 bits per heavy atom. The van der Waals surface area contributed by atoms with Gasteiger partial charge in [-0.05, 0) is 31.7 Å². The van der Waals surface area contributed by atoms with Crippen LogP contribution in [0.25, 0.3) is 0 Å². The third-order valence-electron chi connectivity index (χ3n) is 3.03. The van der Waals surface area contributed by atoms with E-state index in [2.05, 4.69) is 10.4 Å². The largest absolute Gasteiger partial charge is 0.308 e. The molecule has 0 amide bonds. The van der Waals surface area contributed by atoms with Gasteiger partial charge in [0.05, 0.1) is 17.9 Å². The highest BCUT2D eigenvalue weighted by Gasteiger charge is 2.24. The monoisotopic (exact) mass is 251 g/mol. The molecule has 18 heavy (non-hydrogen) atoms. The zero-order chi connectivity index (χ0) is 13.3. The second-order valence-corrected chi connectivity index (χ2v) is 4.19. The molecule has 2 aromatic rings. The van der Waals surface area contributed by atoms with Crippen molar-refractivity contribution in [1.82, 2.24) is 15.1 Å². The molecule has 0 radical (unpaired) electrons. The molecule has 1 aromatic heterocycles. The molecule has 1 N–H and O–H groups in total. The molecular formula is C13H15F2N3. The Bertz CT molecular complexity index is 524. The first-order chi connectivity index (χ1) is 8.56. The van der Waals surface area contributed by atoms with E-state index in [0.717, 1.165) is 11.3 Å². The molecule has 0 aliphatic rings. The molecule has 1 atom stereocenters. The van der Waals surface area contributed by atoms with Gasteiger partial charge in [-0.15, -0.1) is 0 Å². The average Bonchev–Trinajstić information content (AvgIpc) is 2.65. The summed E-state index contributed by atoms with van der Waals surface area (Å²) in [6.07, 6.45) is 1.68. The van der Waals surface area contributed by atoms with Gasteiger partial charge >= 0.3 is 0 Å². The molecule has 0 saturated carbocycles. The van der Waals surface area contributed by atoms with Crippen molar-refractivity contribution in [3.8, 4) is 0 Å². The van der Waals surface area contributed by atoms with E-state index in [0.29, 0.717) is 0 Å². The second-order valence-electron chi connectivity index (χ2n) is 4.19. The molecule has 0 aliphatic heterocycles. The predicted octanol–water partition coefficient (Wildman–Crippen LogP) is 2.32. The SMILES string of the molecule is CNC(c1c(F)cccc1F)c1c(C)cnn1C. The van der Waals surface area contributed by atoms with Crippen LogP contribution < -0.4 is 5.32 Å². The Labute approximate surface area is 104 Å². The van der Waals surface area contributed by atoms with Crippen LogP contribution in [0, 0.1) is 18.6 Å². The van der Waals surface area contributed by atoms with Gasteiger partial charge < -0.3 is 5.32 Å². The summed E-state index contributed by atoms with van der Waals surface area (Å²) in [6.45, 7) is 1.87. The van der Waals surface area contributed by atoms with Crippen LogP contribution in [0.1, 0.15) is 22.9 Å². The van der Waals surface area contributed by atoms with Gasteiger partial charge in [0.15, 0.2) is 0 Å². The molecule has 5 heteroatoms. The Kier molecular flexibility index (Phi) is 3.43. The maximum Gasteiger partial charge on any atom is 0.131 e. The molecule has 0 spiro atoms.